The Labute approximate surface area is 144 Å². The molecule has 3 fully saturated rings. The fraction of sp³-hybridized carbons (Fsp3) is 0.789. The van der Waals surface area contributed by atoms with E-state index in [0.29, 0.717) is 18.1 Å². The Balaban J connectivity index is 1.41. The zero-order valence-corrected chi connectivity index (χ0v) is 14.7. The van der Waals surface area contributed by atoms with Crippen molar-refractivity contribution in [3.63, 3.8) is 0 Å². The van der Waals surface area contributed by atoms with Gasteiger partial charge in [0, 0.05) is 58.5 Å². The van der Waals surface area contributed by atoms with Gasteiger partial charge in [-0.3, -0.25) is 9.80 Å². The van der Waals surface area contributed by atoms with Crippen LogP contribution in [0.1, 0.15) is 25.0 Å². The molecule has 3 aliphatic heterocycles. The molecule has 3 saturated heterocycles. The van der Waals surface area contributed by atoms with E-state index in [1.807, 2.05) is 13.2 Å². The van der Waals surface area contributed by atoms with Crippen LogP contribution in [0.4, 0.5) is 0 Å². The van der Waals surface area contributed by atoms with Crippen LogP contribution in [0.15, 0.2) is 22.8 Å². The molecule has 0 unspecified atom stereocenters. The molecule has 0 aliphatic carbocycles. The lowest BCUT2D eigenvalue weighted by Gasteiger charge is -2.43. The van der Waals surface area contributed by atoms with E-state index in [-0.39, 0.29) is 0 Å². The van der Waals surface area contributed by atoms with Gasteiger partial charge < -0.3 is 13.9 Å². The summed E-state index contributed by atoms with van der Waals surface area (Å²) >= 11 is 0. The first-order chi connectivity index (χ1) is 11.8. The highest BCUT2D eigenvalue weighted by molar-refractivity contribution is 5.03. The summed E-state index contributed by atoms with van der Waals surface area (Å²) in [6.45, 7) is 7.46. The molecule has 134 valence electrons. The number of fused-ring (bicyclic) bond motifs is 1. The average molecular weight is 334 g/mol. The van der Waals surface area contributed by atoms with Crippen LogP contribution in [0, 0.1) is 11.8 Å². The maximum absolute atomic E-state index is 5.83. The van der Waals surface area contributed by atoms with Gasteiger partial charge in [0.05, 0.1) is 18.9 Å². The molecule has 0 saturated carbocycles. The van der Waals surface area contributed by atoms with Crippen LogP contribution in [-0.2, 0) is 16.0 Å². The summed E-state index contributed by atoms with van der Waals surface area (Å²) in [7, 11) is 1.88. The fourth-order valence-corrected chi connectivity index (χ4v) is 4.85. The Morgan fingerprint density at radius 1 is 1.21 bits per heavy atom. The molecule has 0 spiro atoms. The van der Waals surface area contributed by atoms with Crippen molar-refractivity contribution < 1.29 is 13.9 Å². The van der Waals surface area contributed by atoms with Crippen molar-refractivity contribution >= 4 is 0 Å². The number of hydrogen-bond acceptors (Lipinski definition) is 5. The van der Waals surface area contributed by atoms with Crippen molar-refractivity contribution in [1.82, 2.24) is 9.80 Å². The summed E-state index contributed by atoms with van der Waals surface area (Å²) in [6, 6.07) is 4.69. The Hall–Kier alpha value is -0.880. The average Bonchev–Trinajstić information content (AvgIpc) is 3.26. The monoisotopic (exact) mass is 334 g/mol. The molecular weight excluding hydrogens is 304 g/mol. The summed E-state index contributed by atoms with van der Waals surface area (Å²) in [5, 5.41) is 0. The summed E-state index contributed by atoms with van der Waals surface area (Å²) in [5.41, 5.74) is 0. The summed E-state index contributed by atoms with van der Waals surface area (Å²) in [5.74, 6) is 2.50. The van der Waals surface area contributed by atoms with Crippen molar-refractivity contribution in [1.29, 1.82) is 0 Å². The number of rotatable bonds is 5. The molecule has 5 heteroatoms. The maximum atomic E-state index is 5.83. The standard InChI is InChI=1S/C19H30N2O3/c1-22-19-4-7-21(11-15-5-9-23-10-6-15)18-14-20(13-17(18)19)12-16-3-2-8-24-16/h2-3,8,15,17-19H,4-7,9-14H2,1H3/t17-,18+,19+/m0/s1. The molecule has 4 rings (SSSR count). The first-order valence-corrected chi connectivity index (χ1v) is 9.43. The van der Waals surface area contributed by atoms with Crippen molar-refractivity contribution in [2.75, 3.05) is 46.5 Å². The summed E-state index contributed by atoms with van der Waals surface area (Å²) < 4.78 is 16.9. The number of methoxy groups -OCH3 is 1. The van der Waals surface area contributed by atoms with Crippen LogP contribution in [0.25, 0.3) is 0 Å². The third-order valence-corrected chi connectivity index (χ3v) is 6.15. The molecule has 0 bridgehead atoms. The lowest BCUT2D eigenvalue weighted by molar-refractivity contribution is -0.0333. The fourth-order valence-electron chi connectivity index (χ4n) is 4.85. The third kappa shape index (κ3) is 3.54. The number of piperidine rings is 1. The Bertz CT molecular complexity index is 501. The zero-order valence-electron chi connectivity index (χ0n) is 14.7. The van der Waals surface area contributed by atoms with Gasteiger partial charge in [-0.15, -0.1) is 0 Å². The summed E-state index contributed by atoms with van der Waals surface area (Å²) in [6.07, 6.45) is 5.78. The SMILES string of the molecule is CO[C@@H]1CCN(CC2CCOCC2)[C@@H]2CN(Cc3ccco3)C[C@@H]21. The first kappa shape index (κ1) is 16.6. The number of likely N-dealkylation sites (tertiary alicyclic amines) is 2. The second-order valence-electron chi connectivity index (χ2n) is 7.62. The lowest BCUT2D eigenvalue weighted by Crippen LogP contribution is -2.52. The molecule has 0 radical (unpaired) electrons. The van der Waals surface area contributed by atoms with Gasteiger partial charge in [0.1, 0.15) is 5.76 Å². The molecule has 4 heterocycles. The van der Waals surface area contributed by atoms with Crippen LogP contribution < -0.4 is 0 Å². The van der Waals surface area contributed by atoms with Gasteiger partial charge in [-0.25, -0.2) is 0 Å². The van der Waals surface area contributed by atoms with Gasteiger partial charge in [0.15, 0.2) is 0 Å². The van der Waals surface area contributed by atoms with E-state index in [9.17, 15) is 0 Å². The molecule has 3 aliphatic rings. The molecule has 24 heavy (non-hydrogen) atoms. The second kappa shape index (κ2) is 7.56. The van der Waals surface area contributed by atoms with Gasteiger partial charge in [0.25, 0.3) is 0 Å². The van der Waals surface area contributed by atoms with Crippen molar-refractivity contribution in [3.05, 3.63) is 24.2 Å². The minimum Gasteiger partial charge on any atom is -0.468 e. The van der Waals surface area contributed by atoms with E-state index < -0.39 is 0 Å². The van der Waals surface area contributed by atoms with Crippen molar-refractivity contribution in [3.8, 4) is 0 Å². The van der Waals surface area contributed by atoms with E-state index >= 15 is 0 Å². The molecule has 0 N–H and O–H groups in total. The zero-order chi connectivity index (χ0) is 16.4. The van der Waals surface area contributed by atoms with Crippen molar-refractivity contribution in [2.24, 2.45) is 11.8 Å². The summed E-state index contributed by atoms with van der Waals surface area (Å²) in [4.78, 5) is 5.29. The van der Waals surface area contributed by atoms with E-state index in [0.717, 1.165) is 50.9 Å². The quantitative estimate of drug-likeness (QED) is 0.825. The first-order valence-electron chi connectivity index (χ1n) is 9.43. The normalized spacial score (nSPS) is 33.0. The van der Waals surface area contributed by atoms with Crippen LogP contribution in [0.3, 0.4) is 0 Å². The maximum Gasteiger partial charge on any atom is 0.117 e. The van der Waals surface area contributed by atoms with E-state index in [2.05, 4.69) is 15.9 Å². The van der Waals surface area contributed by atoms with Gasteiger partial charge >= 0.3 is 0 Å². The Morgan fingerprint density at radius 2 is 2.08 bits per heavy atom. The molecular formula is C19H30N2O3. The highest BCUT2D eigenvalue weighted by Crippen LogP contribution is 2.34. The third-order valence-electron chi connectivity index (χ3n) is 6.15. The topological polar surface area (TPSA) is 38.1 Å². The Kier molecular flexibility index (Phi) is 5.22. The van der Waals surface area contributed by atoms with Gasteiger partial charge in [-0.1, -0.05) is 0 Å². The van der Waals surface area contributed by atoms with Gasteiger partial charge in [-0.2, -0.15) is 0 Å². The van der Waals surface area contributed by atoms with Crippen LogP contribution in [0.2, 0.25) is 0 Å². The number of ether oxygens (including phenoxy) is 2. The molecule has 3 atom stereocenters. The Morgan fingerprint density at radius 3 is 2.83 bits per heavy atom. The highest BCUT2D eigenvalue weighted by Gasteiger charge is 2.44. The van der Waals surface area contributed by atoms with Crippen LogP contribution in [-0.4, -0.2) is 68.4 Å². The predicted octanol–water partition coefficient (Wildman–Crippen LogP) is 2.23. The van der Waals surface area contributed by atoms with Gasteiger partial charge in [-0.05, 0) is 37.3 Å². The number of nitrogens with zero attached hydrogens (tertiary/aromatic N) is 2. The number of furan rings is 1. The largest absolute Gasteiger partial charge is 0.468 e. The van der Waals surface area contributed by atoms with Crippen molar-refractivity contribution in [2.45, 2.75) is 38.0 Å². The lowest BCUT2D eigenvalue weighted by atomic mass is 9.87. The van der Waals surface area contributed by atoms with Gasteiger partial charge in [0.2, 0.25) is 0 Å². The minimum atomic E-state index is 0.405. The van der Waals surface area contributed by atoms with Crippen LogP contribution in [0.5, 0.6) is 0 Å². The smallest absolute Gasteiger partial charge is 0.117 e. The minimum absolute atomic E-state index is 0.405. The molecule has 0 aromatic carbocycles. The predicted molar refractivity (Wildman–Crippen MR) is 91.8 cm³/mol. The van der Waals surface area contributed by atoms with Crippen LogP contribution >= 0.6 is 0 Å². The molecule has 1 aromatic rings. The van der Waals surface area contributed by atoms with E-state index in [1.165, 1.54) is 25.9 Å². The van der Waals surface area contributed by atoms with E-state index in [4.69, 9.17) is 13.9 Å². The second-order valence-corrected chi connectivity index (χ2v) is 7.62. The highest BCUT2D eigenvalue weighted by atomic mass is 16.5. The molecule has 5 nitrogen and oxygen atoms in total. The molecule has 1 aromatic heterocycles. The van der Waals surface area contributed by atoms with E-state index in [1.54, 1.807) is 6.26 Å². The molecule has 0 amide bonds. The number of hydrogen-bond donors (Lipinski definition) is 0.